The summed E-state index contributed by atoms with van der Waals surface area (Å²) in [6.07, 6.45) is 8.60. The van der Waals surface area contributed by atoms with Crippen LogP contribution < -0.4 is 4.74 Å². The van der Waals surface area contributed by atoms with Crippen molar-refractivity contribution in [2.45, 2.75) is 31.8 Å². The summed E-state index contributed by atoms with van der Waals surface area (Å²) in [6.45, 7) is 7.66. The fourth-order valence-corrected chi connectivity index (χ4v) is 4.49. The molecule has 4 heteroatoms. The molecule has 2 aliphatic carbocycles. The number of allylic oxidation sites excluding steroid dienone is 4. The summed E-state index contributed by atoms with van der Waals surface area (Å²) in [4.78, 5) is 26.3. The number of fused-ring (bicyclic) bond motifs is 2. The van der Waals surface area contributed by atoms with Crippen molar-refractivity contribution in [2.24, 2.45) is 5.41 Å². The topological polar surface area (TPSA) is 63.6 Å². The first-order valence-electron chi connectivity index (χ1n) is 8.61. The molecule has 0 fully saturated rings. The molecule has 2 bridgehead atoms. The van der Waals surface area contributed by atoms with Gasteiger partial charge in [0.1, 0.15) is 16.9 Å². The highest BCUT2D eigenvalue weighted by Gasteiger charge is 2.68. The zero-order valence-corrected chi connectivity index (χ0v) is 14.8. The third-order valence-corrected chi connectivity index (χ3v) is 5.57. The van der Waals surface area contributed by atoms with Crippen LogP contribution >= 0.6 is 0 Å². The van der Waals surface area contributed by atoms with Crippen LogP contribution in [0.1, 0.15) is 31.7 Å². The molecular formula is C22H20O4. The first-order chi connectivity index (χ1) is 12.3. The van der Waals surface area contributed by atoms with Crippen LogP contribution in [-0.4, -0.2) is 22.3 Å². The van der Waals surface area contributed by atoms with E-state index < -0.39 is 16.9 Å². The van der Waals surface area contributed by atoms with Gasteiger partial charge in [0.15, 0.2) is 11.4 Å². The Balaban J connectivity index is 2.10. The minimum atomic E-state index is -1.31. The van der Waals surface area contributed by atoms with E-state index in [1.807, 2.05) is 19.9 Å². The number of phenols is 1. The Morgan fingerprint density at radius 1 is 1.31 bits per heavy atom. The molecule has 1 aromatic rings. The molecule has 1 heterocycles. The lowest BCUT2D eigenvalue weighted by Crippen LogP contribution is -2.67. The Kier molecular flexibility index (Phi) is 3.38. The van der Waals surface area contributed by atoms with Crippen LogP contribution in [0.2, 0.25) is 0 Å². The highest BCUT2D eigenvalue weighted by Crippen LogP contribution is 2.62. The molecule has 0 saturated heterocycles. The third-order valence-electron chi connectivity index (χ3n) is 5.57. The van der Waals surface area contributed by atoms with Crippen LogP contribution in [0, 0.1) is 5.41 Å². The lowest BCUT2D eigenvalue weighted by Gasteiger charge is -2.56. The Morgan fingerprint density at radius 3 is 2.77 bits per heavy atom. The molecule has 0 amide bonds. The second-order valence-corrected chi connectivity index (χ2v) is 7.43. The maximum Gasteiger partial charge on any atom is 0.201 e. The van der Waals surface area contributed by atoms with E-state index in [-0.39, 0.29) is 17.3 Å². The first-order valence-corrected chi connectivity index (χ1v) is 8.61. The van der Waals surface area contributed by atoms with Gasteiger partial charge < -0.3 is 9.84 Å². The fraction of sp³-hybridized carbons (Fsp3) is 0.273. The molecule has 26 heavy (non-hydrogen) atoms. The Morgan fingerprint density at radius 2 is 2.04 bits per heavy atom. The van der Waals surface area contributed by atoms with E-state index in [2.05, 4.69) is 6.58 Å². The van der Waals surface area contributed by atoms with Gasteiger partial charge in [0.05, 0.1) is 0 Å². The molecule has 3 atom stereocenters. The molecule has 132 valence electrons. The van der Waals surface area contributed by atoms with Gasteiger partial charge in [-0.25, -0.2) is 0 Å². The number of ether oxygens (including phenoxy) is 1. The zero-order chi connectivity index (χ0) is 18.7. The van der Waals surface area contributed by atoms with Crippen molar-refractivity contribution >= 4 is 11.6 Å². The van der Waals surface area contributed by atoms with Crippen LogP contribution in [-0.2, 0) is 9.59 Å². The van der Waals surface area contributed by atoms with Crippen LogP contribution in [0.3, 0.4) is 0 Å². The summed E-state index contributed by atoms with van der Waals surface area (Å²) in [5, 5.41) is 9.99. The predicted molar refractivity (Wildman–Crippen MR) is 98.1 cm³/mol. The van der Waals surface area contributed by atoms with Gasteiger partial charge in [0, 0.05) is 17.9 Å². The summed E-state index contributed by atoms with van der Waals surface area (Å²) in [6, 6.07) is 4.81. The van der Waals surface area contributed by atoms with Crippen molar-refractivity contribution in [1.82, 2.24) is 0 Å². The molecule has 0 aromatic heterocycles. The van der Waals surface area contributed by atoms with Crippen molar-refractivity contribution in [1.29, 1.82) is 0 Å². The van der Waals surface area contributed by atoms with E-state index in [0.29, 0.717) is 17.7 Å². The van der Waals surface area contributed by atoms with Crippen molar-refractivity contribution in [3.05, 3.63) is 71.9 Å². The monoisotopic (exact) mass is 348 g/mol. The van der Waals surface area contributed by atoms with E-state index in [4.69, 9.17) is 4.74 Å². The number of hydrogen-bond acceptors (Lipinski definition) is 4. The molecule has 1 N–H and O–H groups in total. The maximum absolute atomic E-state index is 13.2. The van der Waals surface area contributed by atoms with Gasteiger partial charge in [0.2, 0.25) is 5.78 Å². The molecule has 0 spiro atoms. The number of carbonyl (C=O) groups excluding carboxylic acids is 2. The molecule has 0 radical (unpaired) electrons. The average molecular weight is 348 g/mol. The third kappa shape index (κ3) is 1.96. The Labute approximate surface area is 152 Å². The highest BCUT2D eigenvalue weighted by atomic mass is 16.5. The van der Waals surface area contributed by atoms with Crippen molar-refractivity contribution in [3.8, 4) is 11.5 Å². The van der Waals surface area contributed by atoms with Gasteiger partial charge in [0.25, 0.3) is 0 Å². The van der Waals surface area contributed by atoms with E-state index >= 15 is 0 Å². The number of ketones is 2. The van der Waals surface area contributed by atoms with Crippen LogP contribution in [0.5, 0.6) is 11.5 Å². The van der Waals surface area contributed by atoms with Gasteiger partial charge >= 0.3 is 0 Å². The summed E-state index contributed by atoms with van der Waals surface area (Å²) in [7, 11) is 0. The van der Waals surface area contributed by atoms with Gasteiger partial charge in [-0.05, 0) is 44.2 Å². The number of benzene rings is 1. The van der Waals surface area contributed by atoms with Crippen molar-refractivity contribution in [3.63, 3.8) is 0 Å². The van der Waals surface area contributed by atoms with Crippen LogP contribution in [0.4, 0.5) is 0 Å². The number of carbonyl (C=O) groups is 2. The smallest absolute Gasteiger partial charge is 0.201 e. The summed E-state index contributed by atoms with van der Waals surface area (Å²) >= 11 is 0. The zero-order valence-electron chi connectivity index (χ0n) is 14.8. The minimum absolute atomic E-state index is 0.0978. The first kappa shape index (κ1) is 16.6. The minimum Gasteiger partial charge on any atom is -0.508 e. The Bertz CT molecular complexity index is 949. The molecule has 3 aliphatic rings. The second kappa shape index (κ2) is 5.31. The van der Waals surface area contributed by atoms with Gasteiger partial charge in [-0.15, -0.1) is 0 Å². The molecule has 4 nitrogen and oxygen atoms in total. The quantitative estimate of drug-likeness (QED) is 0.652. The van der Waals surface area contributed by atoms with Gasteiger partial charge in [-0.2, -0.15) is 0 Å². The summed E-state index contributed by atoms with van der Waals surface area (Å²) in [5.41, 5.74) is -0.0110. The summed E-state index contributed by atoms with van der Waals surface area (Å²) < 4.78 is 6.28. The lowest BCUT2D eigenvalue weighted by atomic mass is 9.50. The molecule has 3 unspecified atom stereocenters. The van der Waals surface area contributed by atoms with E-state index in [0.717, 1.165) is 11.1 Å². The molecule has 0 saturated carbocycles. The number of phenolic OH excluding ortho intramolecular Hbond substituents is 1. The average Bonchev–Trinajstić information content (AvgIpc) is 2.57. The SMILES string of the molecule is C=C(C)C=CC12C(=O)C=CC(=O)C13CC(C)=CC2c1cc(O)ccc1O3. The molecule has 4 rings (SSSR count). The number of rotatable bonds is 2. The number of hydrogen-bond donors (Lipinski definition) is 1. The van der Waals surface area contributed by atoms with Gasteiger partial charge in [-0.3, -0.25) is 9.59 Å². The van der Waals surface area contributed by atoms with Crippen molar-refractivity contribution < 1.29 is 19.4 Å². The predicted octanol–water partition coefficient (Wildman–Crippen LogP) is 3.78. The highest BCUT2D eigenvalue weighted by molar-refractivity contribution is 6.15. The van der Waals surface area contributed by atoms with Crippen LogP contribution in [0.15, 0.2) is 66.3 Å². The van der Waals surface area contributed by atoms with Gasteiger partial charge in [-0.1, -0.05) is 36.0 Å². The lowest BCUT2D eigenvalue weighted by molar-refractivity contribution is -0.156. The normalized spacial score (nSPS) is 31.9. The molecule has 1 aromatic carbocycles. The van der Waals surface area contributed by atoms with E-state index in [9.17, 15) is 14.7 Å². The largest absolute Gasteiger partial charge is 0.508 e. The molecule has 1 aliphatic heterocycles. The maximum atomic E-state index is 13.2. The fourth-order valence-electron chi connectivity index (χ4n) is 4.49. The van der Waals surface area contributed by atoms with Crippen LogP contribution in [0.25, 0.3) is 0 Å². The standard InChI is InChI=1S/C22H20O4/c1-13(2)8-9-21-17-10-14(3)12-22(21,20(25)7-6-19(21)24)26-18-5-4-15(23)11-16(17)18/h4-11,17,23H,1,12H2,2-3H3. The Hall–Kier alpha value is -2.88. The van der Waals surface area contributed by atoms with Crippen molar-refractivity contribution in [2.75, 3.05) is 0 Å². The molecular weight excluding hydrogens is 328 g/mol. The second-order valence-electron chi connectivity index (χ2n) is 7.43. The van der Waals surface area contributed by atoms with E-state index in [1.54, 1.807) is 24.3 Å². The van der Waals surface area contributed by atoms with E-state index in [1.165, 1.54) is 18.2 Å². The summed E-state index contributed by atoms with van der Waals surface area (Å²) in [5.74, 6) is -0.144. The number of aromatic hydroxyl groups is 1.